The van der Waals surface area contributed by atoms with Crippen molar-refractivity contribution in [1.29, 1.82) is 0 Å². The van der Waals surface area contributed by atoms with Crippen molar-refractivity contribution in [3.05, 3.63) is 28.7 Å². The Morgan fingerprint density at radius 2 is 2.05 bits per heavy atom. The van der Waals surface area contributed by atoms with Crippen molar-refractivity contribution in [2.75, 3.05) is 12.4 Å². The quantitative estimate of drug-likeness (QED) is 0.834. The summed E-state index contributed by atoms with van der Waals surface area (Å²) in [7, 11) is 0. The molecule has 1 N–H and O–H groups in total. The van der Waals surface area contributed by atoms with Crippen molar-refractivity contribution in [1.82, 2.24) is 5.32 Å². The number of thioether (sulfide) groups is 1. The Labute approximate surface area is 132 Å². The average Bonchev–Trinajstić information content (AvgIpc) is 2.88. The Morgan fingerprint density at radius 3 is 2.85 bits per heavy atom. The number of fused-ring (bicyclic) bond motifs is 1. The molecule has 1 aromatic rings. The number of ether oxygens (including phenoxy) is 1. The number of nitrogens with zero attached hydrogens (tertiary/aromatic N) is 1. The Bertz CT molecular complexity index is 477. The van der Waals surface area contributed by atoms with Gasteiger partial charge >= 0.3 is 0 Å². The lowest BCUT2D eigenvalue weighted by Gasteiger charge is -2.23. The van der Waals surface area contributed by atoms with Crippen molar-refractivity contribution in [2.24, 2.45) is 4.99 Å². The van der Waals surface area contributed by atoms with E-state index in [4.69, 9.17) is 9.73 Å². The van der Waals surface area contributed by atoms with E-state index < -0.39 is 0 Å². The average molecular weight is 355 g/mol. The van der Waals surface area contributed by atoms with Gasteiger partial charge in [0.2, 0.25) is 0 Å². The fourth-order valence-corrected chi connectivity index (χ4v) is 3.76. The summed E-state index contributed by atoms with van der Waals surface area (Å²) in [5, 5.41) is 4.66. The molecule has 2 aliphatic rings. The maximum Gasteiger partial charge on any atom is 0.157 e. The molecule has 0 unspecified atom stereocenters. The van der Waals surface area contributed by atoms with E-state index in [0.29, 0.717) is 18.7 Å². The molecular weight excluding hydrogens is 336 g/mol. The van der Waals surface area contributed by atoms with Crippen LogP contribution in [-0.2, 0) is 0 Å². The van der Waals surface area contributed by atoms with Crippen LogP contribution in [0.5, 0.6) is 5.75 Å². The second kappa shape index (κ2) is 6.85. The number of benzene rings is 1. The van der Waals surface area contributed by atoms with Gasteiger partial charge in [-0.15, -0.1) is 0 Å². The van der Waals surface area contributed by atoms with E-state index in [2.05, 4.69) is 21.2 Å². The maximum atomic E-state index is 5.72. The van der Waals surface area contributed by atoms with E-state index in [9.17, 15) is 0 Å². The summed E-state index contributed by atoms with van der Waals surface area (Å²) in [6.07, 6.45) is 5.19. The Kier molecular flexibility index (Phi) is 4.89. The first-order valence-electron chi connectivity index (χ1n) is 7.17. The summed E-state index contributed by atoms with van der Waals surface area (Å²) >= 11 is 5.20. The van der Waals surface area contributed by atoms with Crippen LogP contribution < -0.4 is 10.1 Å². The van der Waals surface area contributed by atoms with Crippen LogP contribution in [0.2, 0.25) is 0 Å². The highest BCUT2D eigenvalue weighted by Crippen LogP contribution is 2.27. The largest absolute Gasteiger partial charge is 0.493 e. The van der Waals surface area contributed by atoms with Crippen molar-refractivity contribution >= 4 is 32.9 Å². The summed E-state index contributed by atoms with van der Waals surface area (Å²) in [5.74, 6) is 1.85. The smallest absolute Gasteiger partial charge is 0.157 e. The number of amidine groups is 1. The first kappa shape index (κ1) is 14.3. The van der Waals surface area contributed by atoms with Crippen molar-refractivity contribution in [2.45, 2.75) is 37.8 Å². The highest BCUT2D eigenvalue weighted by molar-refractivity contribution is 9.10. The summed E-state index contributed by atoms with van der Waals surface area (Å²) in [4.78, 5) is 4.77. The van der Waals surface area contributed by atoms with Gasteiger partial charge in [0.25, 0.3) is 0 Å². The van der Waals surface area contributed by atoms with Gasteiger partial charge in [-0.1, -0.05) is 40.5 Å². The van der Waals surface area contributed by atoms with E-state index in [1.54, 1.807) is 11.8 Å². The first-order chi connectivity index (χ1) is 9.81. The topological polar surface area (TPSA) is 33.6 Å². The lowest BCUT2D eigenvalue weighted by Crippen LogP contribution is -2.36. The van der Waals surface area contributed by atoms with E-state index in [-0.39, 0.29) is 0 Å². The SMILES string of the molecule is Brc1ccc(OCCSC2=N[C@H]3CCCC[C@@H]3N2)cc1. The minimum absolute atomic E-state index is 0.527. The van der Waals surface area contributed by atoms with Gasteiger partial charge in [-0.05, 0) is 37.1 Å². The number of nitrogens with one attached hydrogen (secondary N) is 1. The number of aliphatic imine (C=N–C) groups is 1. The van der Waals surface area contributed by atoms with Crippen molar-refractivity contribution in [3.8, 4) is 5.75 Å². The lowest BCUT2D eigenvalue weighted by atomic mass is 9.92. The molecule has 0 amide bonds. The van der Waals surface area contributed by atoms with Crippen LogP contribution in [-0.4, -0.2) is 29.6 Å². The second-order valence-electron chi connectivity index (χ2n) is 5.19. The summed E-state index contributed by atoms with van der Waals surface area (Å²) < 4.78 is 6.79. The fraction of sp³-hybridized carbons (Fsp3) is 0.533. The maximum absolute atomic E-state index is 5.72. The minimum Gasteiger partial charge on any atom is -0.493 e. The zero-order chi connectivity index (χ0) is 13.8. The third-order valence-electron chi connectivity index (χ3n) is 3.73. The Morgan fingerprint density at radius 1 is 1.25 bits per heavy atom. The monoisotopic (exact) mass is 354 g/mol. The highest BCUT2D eigenvalue weighted by atomic mass is 79.9. The molecule has 1 heterocycles. The predicted molar refractivity (Wildman–Crippen MR) is 88.7 cm³/mol. The van der Waals surface area contributed by atoms with Crippen LogP contribution in [0.25, 0.3) is 0 Å². The van der Waals surface area contributed by atoms with Gasteiger partial charge in [-0.3, -0.25) is 4.99 Å². The molecular formula is C15H19BrN2OS. The second-order valence-corrected chi connectivity index (χ2v) is 7.19. The van der Waals surface area contributed by atoms with Crippen LogP contribution in [0, 0.1) is 0 Å². The molecule has 3 nitrogen and oxygen atoms in total. The van der Waals surface area contributed by atoms with Crippen LogP contribution >= 0.6 is 27.7 Å². The molecule has 1 aliphatic carbocycles. The zero-order valence-corrected chi connectivity index (χ0v) is 13.8. The van der Waals surface area contributed by atoms with E-state index in [0.717, 1.165) is 21.1 Å². The molecule has 1 aromatic carbocycles. The van der Waals surface area contributed by atoms with Crippen LogP contribution in [0.3, 0.4) is 0 Å². The molecule has 20 heavy (non-hydrogen) atoms. The predicted octanol–water partition coefficient (Wildman–Crippen LogP) is 3.83. The molecule has 0 saturated heterocycles. The minimum atomic E-state index is 0.527. The van der Waals surface area contributed by atoms with Gasteiger partial charge in [-0.25, -0.2) is 0 Å². The molecule has 2 atom stereocenters. The first-order valence-corrected chi connectivity index (χ1v) is 8.94. The summed E-state index contributed by atoms with van der Waals surface area (Å²) in [6.45, 7) is 0.711. The Hall–Kier alpha value is -0.680. The summed E-state index contributed by atoms with van der Waals surface area (Å²) in [5.41, 5.74) is 0. The lowest BCUT2D eigenvalue weighted by molar-refractivity contribution is 0.344. The van der Waals surface area contributed by atoms with E-state index in [1.807, 2.05) is 24.3 Å². The number of hydrogen-bond acceptors (Lipinski definition) is 4. The normalized spacial score (nSPS) is 24.8. The van der Waals surface area contributed by atoms with Crippen molar-refractivity contribution < 1.29 is 4.74 Å². The van der Waals surface area contributed by atoms with E-state index in [1.165, 1.54) is 25.7 Å². The molecule has 0 bridgehead atoms. The molecule has 0 aromatic heterocycles. The summed E-state index contributed by atoms with van der Waals surface area (Å²) in [6, 6.07) is 9.08. The van der Waals surface area contributed by atoms with Crippen molar-refractivity contribution in [3.63, 3.8) is 0 Å². The molecule has 108 valence electrons. The van der Waals surface area contributed by atoms with Gasteiger partial charge in [-0.2, -0.15) is 0 Å². The molecule has 0 radical (unpaired) electrons. The zero-order valence-electron chi connectivity index (χ0n) is 11.3. The van der Waals surface area contributed by atoms with Crippen LogP contribution in [0.4, 0.5) is 0 Å². The van der Waals surface area contributed by atoms with Gasteiger partial charge in [0.15, 0.2) is 5.17 Å². The molecule has 3 rings (SSSR count). The van der Waals surface area contributed by atoms with Crippen LogP contribution in [0.15, 0.2) is 33.7 Å². The van der Waals surface area contributed by atoms with Gasteiger partial charge in [0, 0.05) is 10.2 Å². The third kappa shape index (κ3) is 3.70. The molecule has 1 aliphatic heterocycles. The number of hydrogen-bond donors (Lipinski definition) is 1. The molecule has 0 spiro atoms. The highest BCUT2D eigenvalue weighted by Gasteiger charge is 2.30. The molecule has 5 heteroatoms. The number of halogens is 1. The van der Waals surface area contributed by atoms with Gasteiger partial charge < -0.3 is 10.1 Å². The molecule has 1 fully saturated rings. The van der Waals surface area contributed by atoms with Crippen LogP contribution in [0.1, 0.15) is 25.7 Å². The Balaban J connectivity index is 1.39. The number of rotatable bonds is 4. The fourth-order valence-electron chi connectivity index (χ4n) is 2.69. The third-order valence-corrected chi connectivity index (χ3v) is 5.12. The molecule has 1 saturated carbocycles. The van der Waals surface area contributed by atoms with Gasteiger partial charge in [0.1, 0.15) is 5.75 Å². The van der Waals surface area contributed by atoms with E-state index >= 15 is 0 Å². The standard InChI is InChI=1S/C15H19BrN2OS/c16-11-5-7-12(8-6-11)19-9-10-20-15-17-13-3-1-2-4-14(13)18-15/h5-8,13-14H,1-4,9-10H2,(H,17,18)/t13-,14-/m0/s1. The van der Waals surface area contributed by atoms with Gasteiger partial charge in [0.05, 0.1) is 18.7 Å².